The molecule has 162 valence electrons. The summed E-state index contributed by atoms with van der Waals surface area (Å²) in [4.78, 5) is 17.2. The number of fused-ring (bicyclic) bond motifs is 1. The molecule has 6 nitrogen and oxygen atoms in total. The van der Waals surface area contributed by atoms with Gasteiger partial charge in [0.05, 0.1) is 14.2 Å². The van der Waals surface area contributed by atoms with Crippen LogP contribution < -0.4 is 14.8 Å². The molecule has 1 N–H and O–H groups in total. The fourth-order valence-electron chi connectivity index (χ4n) is 3.58. The van der Waals surface area contributed by atoms with Crippen LogP contribution in [0.2, 0.25) is 0 Å². The summed E-state index contributed by atoms with van der Waals surface area (Å²) in [5, 5.41) is 5.23. The highest BCUT2D eigenvalue weighted by Crippen LogP contribution is 2.24. The Balaban J connectivity index is 1.54. The molecule has 4 aromatic rings. The molecule has 0 spiro atoms. The summed E-state index contributed by atoms with van der Waals surface area (Å²) < 4.78 is 12.4. The molecule has 0 aliphatic heterocycles. The highest BCUT2D eigenvalue weighted by Gasteiger charge is 2.20. The second kappa shape index (κ2) is 9.39. The number of ether oxygens (including phenoxy) is 2. The van der Waals surface area contributed by atoms with Crippen molar-refractivity contribution in [1.29, 1.82) is 0 Å². The minimum atomic E-state index is -0.387. The minimum Gasteiger partial charge on any atom is -0.497 e. The molecule has 3 aromatic carbocycles. The summed E-state index contributed by atoms with van der Waals surface area (Å²) in [6.07, 6.45) is 6.93. The number of amides is 1. The monoisotopic (exact) mass is 427 g/mol. The average Bonchev–Trinajstić information content (AvgIpc) is 3.26. The average molecular weight is 428 g/mol. The molecule has 0 saturated carbocycles. The number of nitrogens with zero attached hydrogens (tertiary/aromatic N) is 2. The highest BCUT2D eigenvalue weighted by molar-refractivity contribution is 5.93. The molecule has 1 heterocycles. The predicted molar refractivity (Wildman–Crippen MR) is 126 cm³/mol. The Bertz CT molecular complexity index is 1260. The van der Waals surface area contributed by atoms with Crippen molar-refractivity contribution in [1.82, 2.24) is 14.9 Å². The lowest BCUT2D eigenvalue weighted by Crippen LogP contribution is -2.29. The number of imidazole rings is 1. The number of hydrogen-bond acceptors (Lipinski definition) is 4. The number of methoxy groups -OCH3 is 2. The zero-order valence-corrected chi connectivity index (χ0v) is 18.3. The maximum atomic E-state index is 12.8. The van der Waals surface area contributed by atoms with Gasteiger partial charge in [0, 0.05) is 25.5 Å². The third kappa shape index (κ3) is 4.64. The van der Waals surface area contributed by atoms with E-state index >= 15 is 0 Å². The van der Waals surface area contributed by atoms with Crippen molar-refractivity contribution in [2.24, 2.45) is 7.05 Å². The quantitative estimate of drug-likeness (QED) is 0.441. The van der Waals surface area contributed by atoms with Crippen LogP contribution in [0.4, 0.5) is 0 Å². The van der Waals surface area contributed by atoms with Crippen molar-refractivity contribution in [3.8, 4) is 11.5 Å². The van der Waals surface area contributed by atoms with E-state index in [1.165, 1.54) is 0 Å². The molecular formula is C26H25N3O3. The SMILES string of the molecule is COc1ccc(C(NC(=O)/C=C/c2ccc3cc(OC)ccc3c2)c2nccn2C)cc1. The first-order chi connectivity index (χ1) is 15.6. The molecule has 0 aliphatic rings. The Hall–Kier alpha value is -4.06. The van der Waals surface area contributed by atoms with E-state index in [0.717, 1.165) is 39.2 Å². The Kier molecular flexibility index (Phi) is 6.22. The molecule has 0 bridgehead atoms. The first-order valence-electron chi connectivity index (χ1n) is 10.2. The smallest absolute Gasteiger partial charge is 0.244 e. The zero-order valence-electron chi connectivity index (χ0n) is 18.3. The van der Waals surface area contributed by atoms with E-state index < -0.39 is 0 Å². The van der Waals surface area contributed by atoms with Crippen molar-refractivity contribution in [3.05, 3.63) is 96.1 Å². The van der Waals surface area contributed by atoms with E-state index in [4.69, 9.17) is 9.47 Å². The predicted octanol–water partition coefficient (Wildman–Crippen LogP) is 4.51. The van der Waals surface area contributed by atoms with Crippen LogP contribution in [0.1, 0.15) is 23.0 Å². The van der Waals surface area contributed by atoms with Gasteiger partial charge in [-0.25, -0.2) is 4.98 Å². The van der Waals surface area contributed by atoms with Gasteiger partial charge in [0.1, 0.15) is 23.4 Å². The normalized spacial score (nSPS) is 12.1. The van der Waals surface area contributed by atoms with Gasteiger partial charge in [0.25, 0.3) is 0 Å². The van der Waals surface area contributed by atoms with Gasteiger partial charge in [0.15, 0.2) is 0 Å². The van der Waals surface area contributed by atoms with Crippen LogP contribution in [-0.2, 0) is 11.8 Å². The van der Waals surface area contributed by atoms with Gasteiger partial charge in [-0.2, -0.15) is 0 Å². The van der Waals surface area contributed by atoms with Crippen molar-refractivity contribution >= 4 is 22.8 Å². The number of nitrogens with one attached hydrogen (secondary N) is 1. The zero-order chi connectivity index (χ0) is 22.5. The van der Waals surface area contributed by atoms with Crippen LogP contribution in [0.3, 0.4) is 0 Å². The Morgan fingerprint density at radius 3 is 2.34 bits per heavy atom. The topological polar surface area (TPSA) is 65.4 Å². The first kappa shape index (κ1) is 21.2. The van der Waals surface area contributed by atoms with Gasteiger partial charge in [-0.15, -0.1) is 0 Å². The summed E-state index contributed by atoms with van der Waals surface area (Å²) in [6.45, 7) is 0. The second-order valence-corrected chi connectivity index (χ2v) is 7.42. The molecule has 32 heavy (non-hydrogen) atoms. The third-order valence-electron chi connectivity index (χ3n) is 5.35. The lowest BCUT2D eigenvalue weighted by atomic mass is 10.1. The molecule has 6 heteroatoms. The van der Waals surface area contributed by atoms with E-state index in [1.807, 2.05) is 84.6 Å². The van der Waals surface area contributed by atoms with Crippen LogP contribution in [-0.4, -0.2) is 29.7 Å². The van der Waals surface area contributed by atoms with E-state index in [2.05, 4.69) is 10.3 Å². The standard InChI is InChI=1S/C26H25N3O3/c1-29-15-14-27-26(29)25(19-7-10-22(31-2)11-8-19)28-24(30)13-5-18-4-6-21-17-23(32-3)12-9-20(21)16-18/h4-17,25H,1-3H3,(H,28,30)/b13-5+. The van der Waals surface area contributed by atoms with Crippen molar-refractivity contribution in [3.63, 3.8) is 0 Å². The van der Waals surface area contributed by atoms with Gasteiger partial charge in [-0.3, -0.25) is 4.79 Å². The Morgan fingerprint density at radius 2 is 1.66 bits per heavy atom. The van der Waals surface area contributed by atoms with Crippen LogP contribution in [0.25, 0.3) is 16.8 Å². The molecule has 4 rings (SSSR count). The number of carbonyl (C=O) groups is 1. The van der Waals surface area contributed by atoms with Gasteiger partial charge in [-0.1, -0.05) is 30.3 Å². The minimum absolute atomic E-state index is 0.205. The number of carbonyl (C=O) groups excluding carboxylic acids is 1. The van der Waals surface area contributed by atoms with Crippen LogP contribution in [0, 0.1) is 0 Å². The first-order valence-corrected chi connectivity index (χ1v) is 10.2. The van der Waals surface area contributed by atoms with E-state index in [1.54, 1.807) is 26.5 Å². The summed E-state index contributed by atoms with van der Waals surface area (Å²) in [5.74, 6) is 2.12. The number of aryl methyl sites for hydroxylation is 1. The number of benzene rings is 3. The maximum absolute atomic E-state index is 12.8. The summed E-state index contributed by atoms with van der Waals surface area (Å²) in [7, 11) is 5.19. The van der Waals surface area contributed by atoms with Gasteiger partial charge < -0.3 is 19.4 Å². The van der Waals surface area contributed by atoms with E-state index in [-0.39, 0.29) is 11.9 Å². The number of rotatable bonds is 7. The molecule has 1 unspecified atom stereocenters. The van der Waals surface area contributed by atoms with Crippen molar-refractivity contribution in [2.75, 3.05) is 14.2 Å². The largest absolute Gasteiger partial charge is 0.497 e. The molecule has 0 radical (unpaired) electrons. The lowest BCUT2D eigenvalue weighted by molar-refractivity contribution is -0.117. The molecule has 0 saturated heterocycles. The van der Waals surface area contributed by atoms with Crippen molar-refractivity contribution in [2.45, 2.75) is 6.04 Å². The molecule has 0 fully saturated rings. The van der Waals surface area contributed by atoms with Crippen molar-refractivity contribution < 1.29 is 14.3 Å². The van der Waals surface area contributed by atoms with Gasteiger partial charge in [0.2, 0.25) is 5.91 Å². The Morgan fingerprint density at radius 1 is 0.969 bits per heavy atom. The number of aromatic nitrogens is 2. The molecule has 1 aromatic heterocycles. The highest BCUT2D eigenvalue weighted by atomic mass is 16.5. The summed E-state index contributed by atoms with van der Waals surface area (Å²) in [5.41, 5.74) is 1.86. The van der Waals surface area contributed by atoms with E-state index in [0.29, 0.717) is 0 Å². The maximum Gasteiger partial charge on any atom is 0.244 e. The summed E-state index contributed by atoms with van der Waals surface area (Å²) in [6, 6.07) is 19.2. The second-order valence-electron chi connectivity index (χ2n) is 7.42. The fourth-order valence-corrected chi connectivity index (χ4v) is 3.58. The summed E-state index contributed by atoms with van der Waals surface area (Å²) >= 11 is 0. The molecule has 1 atom stereocenters. The van der Waals surface area contributed by atoms with Crippen LogP contribution >= 0.6 is 0 Å². The lowest BCUT2D eigenvalue weighted by Gasteiger charge is -2.18. The van der Waals surface area contributed by atoms with Crippen LogP contribution in [0.15, 0.2) is 79.1 Å². The third-order valence-corrected chi connectivity index (χ3v) is 5.35. The van der Waals surface area contributed by atoms with Gasteiger partial charge in [-0.05, 0) is 58.3 Å². The molecule has 0 aliphatic carbocycles. The molecular weight excluding hydrogens is 402 g/mol. The molecule has 1 amide bonds. The van der Waals surface area contributed by atoms with E-state index in [9.17, 15) is 4.79 Å². The number of hydrogen-bond donors (Lipinski definition) is 1. The Labute approximate surface area is 187 Å². The van der Waals surface area contributed by atoms with Gasteiger partial charge >= 0.3 is 0 Å². The van der Waals surface area contributed by atoms with Crippen LogP contribution in [0.5, 0.6) is 11.5 Å². The fraction of sp³-hybridized carbons (Fsp3) is 0.154.